The van der Waals surface area contributed by atoms with E-state index in [-0.39, 0.29) is 18.7 Å². The van der Waals surface area contributed by atoms with Crippen LogP contribution in [0.2, 0.25) is 0 Å². The Labute approximate surface area is 89.3 Å². The zero-order valence-electron chi connectivity index (χ0n) is 9.36. The fourth-order valence-electron chi connectivity index (χ4n) is 1.70. The second-order valence-electron chi connectivity index (χ2n) is 3.67. The van der Waals surface area contributed by atoms with Gasteiger partial charge in [0.15, 0.2) is 0 Å². The Hall–Kier alpha value is -1.10. The van der Waals surface area contributed by atoms with Crippen molar-refractivity contribution in [1.29, 1.82) is 0 Å². The Kier molecular flexibility index (Phi) is 4.08. The molecule has 1 amide bonds. The van der Waals surface area contributed by atoms with Crippen LogP contribution in [-0.4, -0.2) is 48.7 Å². The first-order valence-electron chi connectivity index (χ1n) is 5.15. The fourth-order valence-corrected chi connectivity index (χ4v) is 1.70. The number of morpholine rings is 1. The zero-order chi connectivity index (χ0) is 11.4. The normalized spacial score (nSPS) is 26.2. The summed E-state index contributed by atoms with van der Waals surface area (Å²) in [5.41, 5.74) is 0. The summed E-state index contributed by atoms with van der Waals surface area (Å²) < 4.78 is 9.95. The Balaban J connectivity index is 2.67. The van der Waals surface area contributed by atoms with E-state index in [4.69, 9.17) is 4.74 Å². The van der Waals surface area contributed by atoms with E-state index in [9.17, 15) is 9.59 Å². The van der Waals surface area contributed by atoms with Crippen LogP contribution in [-0.2, 0) is 19.1 Å². The molecule has 0 aromatic rings. The minimum absolute atomic E-state index is 0.0781. The number of rotatable bonds is 1. The van der Waals surface area contributed by atoms with Crippen LogP contribution in [0, 0.1) is 0 Å². The third-order valence-corrected chi connectivity index (χ3v) is 2.35. The lowest BCUT2D eigenvalue weighted by molar-refractivity contribution is -0.166. The van der Waals surface area contributed by atoms with Crippen molar-refractivity contribution in [2.45, 2.75) is 32.9 Å². The first-order valence-corrected chi connectivity index (χ1v) is 5.15. The van der Waals surface area contributed by atoms with Crippen molar-refractivity contribution >= 4 is 11.9 Å². The van der Waals surface area contributed by atoms with E-state index in [0.717, 1.165) is 0 Å². The van der Waals surface area contributed by atoms with Gasteiger partial charge in [0.2, 0.25) is 0 Å². The molecule has 0 N–H and O–H groups in total. The van der Waals surface area contributed by atoms with Gasteiger partial charge in [0, 0.05) is 0 Å². The summed E-state index contributed by atoms with van der Waals surface area (Å²) in [5, 5.41) is 0. The van der Waals surface area contributed by atoms with Crippen LogP contribution in [0.1, 0.15) is 20.8 Å². The van der Waals surface area contributed by atoms with Gasteiger partial charge in [0.1, 0.15) is 0 Å². The van der Waals surface area contributed by atoms with E-state index in [2.05, 4.69) is 4.74 Å². The molecule has 5 nitrogen and oxygen atoms in total. The van der Waals surface area contributed by atoms with E-state index in [1.807, 2.05) is 13.8 Å². The molecule has 15 heavy (non-hydrogen) atoms. The standard InChI is InChI=1S/C10H17NO4/c1-4-15-10(13)9(12)11-7(2)5-14-6-8(11)3/h7-8H,4-6H2,1-3H3. The SMILES string of the molecule is CCOC(=O)C(=O)N1C(C)COCC1C. The summed E-state index contributed by atoms with van der Waals surface area (Å²) >= 11 is 0. The first-order chi connectivity index (χ1) is 7.07. The smallest absolute Gasteiger partial charge is 0.397 e. The predicted octanol–water partition coefficient (Wildman–Crippen LogP) is 0.185. The molecular formula is C10H17NO4. The molecule has 2 unspecified atom stereocenters. The Morgan fingerprint density at radius 1 is 1.33 bits per heavy atom. The van der Waals surface area contributed by atoms with Crippen molar-refractivity contribution < 1.29 is 19.1 Å². The van der Waals surface area contributed by atoms with Crippen molar-refractivity contribution in [2.24, 2.45) is 0 Å². The summed E-state index contributed by atoms with van der Waals surface area (Å²) in [6, 6.07) is -0.156. The molecule has 0 radical (unpaired) electrons. The predicted molar refractivity (Wildman–Crippen MR) is 53.2 cm³/mol. The molecular weight excluding hydrogens is 198 g/mol. The minimum atomic E-state index is -0.780. The lowest BCUT2D eigenvalue weighted by Crippen LogP contribution is -2.54. The number of nitrogens with zero attached hydrogens (tertiary/aromatic N) is 1. The molecule has 86 valence electrons. The maximum Gasteiger partial charge on any atom is 0.397 e. The van der Waals surface area contributed by atoms with Crippen LogP contribution in [0.3, 0.4) is 0 Å². The van der Waals surface area contributed by atoms with E-state index in [1.165, 1.54) is 4.90 Å². The molecule has 0 bridgehead atoms. The van der Waals surface area contributed by atoms with Gasteiger partial charge in [0.05, 0.1) is 31.9 Å². The third-order valence-electron chi connectivity index (χ3n) is 2.35. The minimum Gasteiger partial charge on any atom is -0.459 e. The van der Waals surface area contributed by atoms with Gasteiger partial charge < -0.3 is 14.4 Å². The summed E-state index contributed by atoms with van der Waals surface area (Å²) in [7, 11) is 0. The Morgan fingerprint density at radius 2 is 1.87 bits per heavy atom. The highest BCUT2D eigenvalue weighted by molar-refractivity contribution is 6.32. The van der Waals surface area contributed by atoms with Gasteiger partial charge in [-0.05, 0) is 20.8 Å². The van der Waals surface area contributed by atoms with Crippen molar-refractivity contribution in [1.82, 2.24) is 4.90 Å². The number of amides is 1. The van der Waals surface area contributed by atoms with Gasteiger partial charge in [-0.2, -0.15) is 0 Å². The Morgan fingerprint density at radius 3 is 2.33 bits per heavy atom. The molecule has 0 saturated carbocycles. The molecule has 1 rings (SSSR count). The van der Waals surface area contributed by atoms with E-state index in [0.29, 0.717) is 13.2 Å². The number of esters is 1. The number of hydrogen-bond acceptors (Lipinski definition) is 4. The fraction of sp³-hybridized carbons (Fsp3) is 0.800. The molecule has 0 aromatic carbocycles. The molecule has 1 aliphatic heterocycles. The van der Waals surface area contributed by atoms with Crippen LogP contribution in [0.4, 0.5) is 0 Å². The Bertz CT molecular complexity index is 244. The highest BCUT2D eigenvalue weighted by Gasteiger charge is 2.34. The van der Waals surface area contributed by atoms with Gasteiger partial charge in [0.25, 0.3) is 0 Å². The zero-order valence-corrected chi connectivity index (χ0v) is 9.36. The highest BCUT2D eigenvalue weighted by Crippen LogP contribution is 2.13. The average molecular weight is 215 g/mol. The maximum absolute atomic E-state index is 11.7. The van der Waals surface area contributed by atoms with Crippen LogP contribution >= 0.6 is 0 Å². The van der Waals surface area contributed by atoms with Gasteiger partial charge in [-0.1, -0.05) is 0 Å². The monoisotopic (exact) mass is 215 g/mol. The van der Waals surface area contributed by atoms with Crippen LogP contribution in [0.15, 0.2) is 0 Å². The summed E-state index contributed by atoms with van der Waals surface area (Å²) in [6.07, 6.45) is 0. The van der Waals surface area contributed by atoms with Crippen molar-refractivity contribution in [3.63, 3.8) is 0 Å². The highest BCUT2D eigenvalue weighted by atomic mass is 16.5. The summed E-state index contributed by atoms with van der Waals surface area (Å²) in [4.78, 5) is 24.5. The second-order valence-corrected chi connectivity index (χ2v) is 3.67. The van der Waals surface area contributed by atoms with Gasteiger partial charge in [-0.3, -0.25) is 4.79 Å². The topological polar surface area (TPSA) is 55.8 Å². The summed E-state index contributed by atoms with van der Waals surface area (Å²) in [5.74, 6) is -1.35. The largest absolute Gasteiger partial charge is 0.459 e. The number of carbonyl (C=O) groups excluding carboxylic acids is 2. The van der Waals surface area contributed by atoms with Gasteiger partial charge >= 0.3 is 11.9 Å². The van der Waals surface area contributed by atoms with E-state index in [1.54, 1.807) is 6.92 Å². The molecule has 0 spiro atoms. The average Bonchev–Trinajstić information content (AvgIpc) is 2.17. The molecule has 5 heteroatoms. The molecule has 1 saturated heterocycles. The van der Waals surface area contributed by atoms with Crippen molar-refractivity contribution in [3.05, 3.63) is 0 Å². The lowest BCUT2D eigenvalue weighted by Gasteiger charge is -2.37. The molecule has 0 aromatic heterocycles. The molecule has 0 aliphatic carbocycles. The van der Waals surface area contributed by atoms with E-state index < -0.39 is 11.9 Å². The maximum atomic E-state index is 11.7. The number of hydrogen-bond donors (Lipinski definition) is 0. The van der Waals surface area contributed by atoms with Crippen LogP contribution < -0.4 is 0 Å². The molecule has 1 aliphatic rings. The van der Waals surface area contributed by atoms with Crippen LogP contribution in [0.25, 0.3) is 0 Å². The second kappa shape index (κ2) is 5.11. The summed E-state index contributed by atoms with van der Waals surface area (Å²) in [6.45, 7) is 6.54. The quantitative estimate of drug-likeness (QED) is 0.462. The van der Waals surface area contributed by atoms with Crippen LogP contribution in [0.5, 0.6) is 0 Å². The molecule has 2 atom stereocenters. The number of carbonyl (C=O) groups is 2. The number of ether oxygens (including phenoxy) is 2. The third kappa shape index (κ3) is 2.68. The first kappa shape index (κ1) is 12.0. The molecule has 1 heterocycles. The van der Waals surface area contributed by atoms with E-state index >= 15 is 0 Å². The van der Waals surface area contributed by atoms with Gasteiger partial charge in [-0.15, -0.1) is 0 Å². The lowest BCUT2D eigenvalue weighted by atomic mass is 10.1. The van der Waals surface area contributed by atoms with Crippen molar-refractivity contribution in [3.8, 4) is 0 Å². The van der Waals surface area contributed by atoms with Crippen molar-refractivity contribution in [2.75, 3.05) is 19.8 Å². The van der Waals surface area contributed by atoms with Gasteiger partial charge in [-0.25, -0.2) is 4.79 Å². The molecule has 1 fully saturated rings.